The standard InChI is InChI=1S/C16H16INO2/c1-11-3-9-14(10-4-11)18-16(2,15(19)20)12-5-7-13(17)8-6-12/h3-10,18H,1-2H3,(H,19,20). The molecule has 104 valence electrons. The van der Waals surface area contributed by atoms with Crippen molar-refractivity contribution in [3.05, 3.63) is 63.2 Å². The van der Waals surface area contributed by atoms with Crippen molar-refractivity contribution in [2.24, 2.45) is 0 Å². The van der Waals surface area contributed by atoms with Gasteiger partial charge in [-0.1, -0.05) is 29.8 Å². The molecule has 2 rings (SSSR count). The minimum atomic E-state index is -1.15. The van der Waals surface area contributed by atoms with Crippen LogP contribution < -0.4 is 5.32 Å². The third-order valence-corrected chi connectivity index (χ3v) is 4.01. The molecule has 20 heavy (non-hydrogen) atoms. The van der Waals surface area contributed by atoms with Gasteiger partial charge in [0.15, 0.2) is 5.54 Å². The molecule has 2 aromatic rings. The maximum absolute atomic E-state index is 11.7. The van der Waals surface area contributed by atoms with Crippen molar-refractivity contribution in [1.82, 2.24) is 0 Å². The first-order valence-corrected chi connectivity index (χ1v) is 7.34. The average molecular weight is 381 g/mol. The van der Waals surface area contributed by atoms with Crippen LogP contribution in [0.1, 0.15) is 18.1 Å². The number of anilines is 1. The summed E-state index contributed by atoms with van der Waals surface area (Å²) >= 11 is 2.20. The Hall–Kier alpha value is -1.56. The predicted octanol–water partition coefficient (Wildman–Crippen LogP) is 4.01. The van der Waals surface area contributed by atoms with Gasteiger partial charge in [0.1, 0.15) is 0 Å². The summed E-state index contributed by atoms with van der Waals surface area (Å²) in [6, 6.07) is 15.2. The molecule has 0 aliphatic carbocycles. The van der Waals surface area contributed by atoms with Gasteiger partial charge in [-0.15, -0.1) is 0 Å². The van der Waals surface area contributed by atoms with E-state index in [-0.39, 0.29) is 0 Å². The number of carbonyl (C=O) groups is 1. The highest BCUT2D eigenvalue weighted by Crippen LogP contribution is 2.27. The van der Waals surface area contributed by atoms with Crippen molar-refractivity contribution in [1.29, 1.82) is 0 Å². The summed E-state index contributed by atoms with van der Waals surface area (Å²) in [5.41, 5.74) is 1.51. The molecule has 0 amide bonds. The van der Waals surface area contributed by atoms with Crippen LogP contribution in [-0.4, -0.2) is 11.1 Å². The Kier molecular flexibility index (Phi) is 4.32. The molecule has 0 fully saturated rings. The summed E-state index contributed by atoms with van der Waals surface area (Å²) in [6.07, 6.45) is 0. The van der Waals surface area contributed by atoms with Gasteiger partial charge in [-0.05, 0) is 66.3 Å². The second-order valence-electron chi connectivity index (χ2n) is 4.93. The van der Waals surface area contributed by atoms with Crippen LogP contribution in [-0.2, 0) is 10.3 Å². The first-order valence-electron chi connectivity index (χ1n) is 6.26. The Morgan fingerprint density at radius 1 is 1.10 bits per heavy atom. The third-order valence-electron chi connectivity index (χ3n) is 3.30. The van der Waals surface area contributed by atoms with E-state index in [0.717, 1.165) is 20.4 Å². The topological polar surface area (TPSA) is 49.3 Å². The van der Waals surface area contributed by atoms with Crippen molar-refractivity contribution in [2.45, 2.75) is 19.4 Å². The highest BCUT2D eigenvalue weighted by molar-refractivity contribution is 14.1. The molecule has 0 saturated carbocycles. The van der Waals surface area contributed by atoms with Crippen LogP contribution in [0, 0.1) is 10.5 Å². The van der Waals surface area contributed by atoms with Gasteiger partial charge >= 0.3 is 5.97 Å². The fourth-order valence-electron chi connectivity index (χ4n) is 1.96. The molecule has 1 unspecified atom stereocenters. The van der Waals surface area contributed by atoms with Crippen molar-refractivity contribution in [3.63, 3.8) is 0 Å². The van der Waals surface area contributed by atoms with E-state index in [9.17, 15) is 9.90 Å². The van der Waals surface area contributed by atoms with E-state index in [2.05, 4.69) is 27.9 Å². The molecule has 0 spiro atoms. The number of aryl methyl sites for hydroxylation is 1. The van der Waals surface area contributed by atoms with Gasteiger partial charge in [0.05, 0.1) is 0 Å². The average Bonchev–Trinajstić information content (AvgIpc) is 2.42. The van der Waals surface area contributed by atoms with Crippen LogP contribution in [0.4, 0.5) is 5.69 Å². The highest BCUT2D eigenvalue weighted by Gasteiger charge is 2.35. The van der Waals surface area contributed by atoms with Gasteiger partial charge in [0, 0.05) is 9.26 Å². The summed E-state index contributed by atoms with van der Waals surface area (Å²) in [5.74, 6) is -0.903. The molecular weight excluding hydrogens is 365 g/mol. The van der Waals surface area contributed by atoms with Crippen LogP contribution in [0.5, 0.6) is 0 Å². The number of halogens is 1. The number of hydrogen-bond acceptors (Lipinski definition) is 2. The van der Waals surface area contributed by atoms with Crippen LogP contribution in [0.3, 0.4) is 0 Å². The maximum atomic E-state index is 11.7. The highest BCUT2D eigenvalue weighted by atomic mass is 127. The Morgan fingerprint density at radius 2 is 1.65 bits per heavy atom. The van der Waals surface area contributed by atoms with Gasteiger partial charge in [0.25, 0.3) is 0 Å². The van der Waals surface area contributed by atoms with E-state index in [0.29, 0.717) is 0 Å². The van der Waals surface area contributed by atoms with Gasteiger partial charge in [-0.3, -0.25) is 0 Å². The summed E-state index contributed by atoms with van der Waals surface area (Å²) in [7, 11) is 0. The zero-order valence-electron chi connectivity index (χ0n) is 11.4. The molecule has 2 aromatic carbocycles. The van der Waals surface area contributed by atoms with E-state index in [1.54, 1.807) is 6.92 Å². The first kappa shape index (κ1) is 14.8. The number of carboxylic acids is 1. The Labute approximate surface area is 132 Å². The fourth-order valence-corrected chi connectivity index (χ4v) is 2.32. The lowest BCUT2D eigenvalue weighted by molar-refractivity contribution is -0.142. The molecule has 0 saturated heterocycles. The minimum Gasteiger partial charge on any atom is -0.479 e. The third kappa shape index (κ3) is 3.12. The molecule has 2 N–H and O–H groups in total. The maximum Gasteiger partial charge on any atom is 0.333 e. The second kappa shape index (κ2) is 5.83. The minimum absolute atomic E-state index is 0.728. The van der Waals surface area contributed by atoms with E-state index in [4.69, 9.17) is 0 Å². The molecule has 0 bridgehead atoms. The number of benzene rings is 2. The molecule has 1 atom stereocenters. The molecule has 0 heterocycles. The Morgan fingerprint density at radius 3 is 2.15 bits per heavy atom. The molecule has 0 radical (unpaired) electrons. The molecule has 4 heteroatoms. The Bertz CT molecular complexity index is 607. The Balaban J connectivity index is 2.37. The van der Waals surface area contributed by atoms with Crippen molar-refractivity contribution in [3.8, 4) is 0 Å². The van der Waals surface area contributed by atoms with Gasteiger partial charge < -0.3 is 10.4 Å². The smallest absolute Gasteiger partial charge is 0.333 e. The van der Waals surface area contributed by atoms with Crippen LogP contribution >= 0.6 is 22.6 Å². The monoisotopic (exact) mass is 381 g/mol. The van der Waals surface area contributed by atoms with E-state index in [1.165, 1.54) is 0 Å². The van der Waals surface area contributed by atoms with E-state index in [1.807, 2.05) is 55.5 Å². The van der Waals surface area contributed by atoms with Crippen molar-refractivity contribution in [2.75, 3.05) is 5.32 Å². The van der Waals surface area contributed by atoms with Crippen LogP contribution in [0.2, 0.25) is 0 Å². The SMILES string of the molecule is Cc1ccc(NC(C)(C(=O)O)c2ccc(I)cc2)cc1. The first-order chi connectivity index (χ1) is 9.41. The summed E-state index contributed by atoms with van der Waals surface area (Å²) in [4.78, 5) is 11.7. The summed E-state index contributed by atoms with van der Waals surface area (Å²) in [6.45, 7) is 3.68. The molecule has 0 aliphatic heterocycles. The lowest BCUT2D eigenvalue weighted by atomic mass is 9.91. The van der Waals surface area contributed by atoms with Gasteiger partial charge in [0.2, 0.25) is 0 Å². The van der Waals surface area contributed by atoms with Crippen LogP contribution in [0.25, 0.3) is 0 Å². The number of nitrogens with one attached hydrogen (secondary N) is 1. The quantitative estimate of drug-likeness (QED) is 0.787. The molecule has 0 aliphatic rings. The number of aliphatic carboxylic acids is 1. The van der Waals surface area contributed by atoms with Gasteiger partial charge in [-0.25, -0.2) is 4.79 Å². The van der Waals surface area contributed by atoms with Gasteiger partial charge in [-0.2, -0.15) is 0 Å². The normalized spacial score (nSPS) is 13.6. The second-order valence-corrected chi connectivity index (χ2v) is 6.17. The summed E-state index contributed by atoms with van der Waals surface area (Å²) < 4.78 is 1.08. The van der Waals surface area contributed by atoms with Crippen molar-refractivity contribution >= 4 is 34.2 Å². The number of carboxylic acid groups (broad SMARTS) is 1. The lowest BCUT2D eigenvalue weighted by Crippen LogP contribution is -2.40. The van der Waals surface area contributed by atoms with Crippen LogP contribution in [0.15, 0.2) is 48.5 Å². The zero-order chi connectivity index (χ0) is 14.8. The van der Waals surface area contributed by atoms with E-state index >= 15 is 0 Å². The fraction of sp³-hybridized carbons (Fsp3) is 0.188. The zero-order valence-corrected chi connectivity index (χ0v) is 13.5. The summed E-state index contributed by atoms with van der Waals surface area (Å²) in [5, 5.41) is 12.7. The van der Waals surface area contributed by atoms with Crippen molar-refractivity contribution < 1.29 is 9.90 Å². The number of rotatable bonds is 4. The molecular formula is C16H16INO2. The predicted molar refractivity (Wildman–Crippen MR) is 88.9 cm³/mol. The largest absolute Gasteiger partial charge is 0.479 e. The molecule has 0 aromatic heterocycles. The lowest BCUT2D eigenvalue weighted by Gasteiger charge is -2.28. The van der Waals surface area contributed by atoms with E-state index < -0.39 is 11.5 Å². The number of hydrogen-bond donors (Lipinski definition) is 2. The molecule has 3 nitrogen and oxygen atoms in total.